The van der Waals surface area contributed by atoms with Gasteiger partial charge in [-0.15, -0.1) is 0 Å². The molecular formula is C20H21N3O3. The van der Waals surface area contributed by atoms with Crippen LogP contribution in [0.15, 0.2) is 48.7 Å². The molecule has 0 bridgehead atoms. The third kappa shape index (κ3) is 2.92. The van der Waals surface area contributed by atoms with E-state index < -0.39 is 0 Å². The SMILES string of the molecule is O=C1CCC(=O)N1CCC(=O)N1CCn2cccc2C1c1ccccc1. The van der Waals surface area contributed by atoms with Crippen molar-refractivity contribution in [3.63, 3.8) is 0 Å². The summed E-state index contributed by atoms with van der Waals surface area (Å²) in [5.74, 6) is -0.372. The van der Waals surface area contributed by atoms with E-state index in [-0.39, 0.29) is 49.6 Å². The number of imide groups is 1. The maximum atomic E-state index is 13.0. The van der Waals surface area contributed by atoms with Gasteiger partial charge in [0.15, 0.2) is 0 Å². The number of benzene rings is 1. The zero-order valence-corrected chi connectivity index (χ0v) is 14.5. The Balaban J connectivity index is 1.55. The Morgan fingerprint density at radius 2 is 1.69 bits per heavy atom. The minimum Gasteiger partial charge on any atom is -0.348 e. The van der Waals surface area contributed by atoms with Crippen LogP contribution in [0.5, 0.6) is 0 Å². The highest BCUT2D eigenvalue weighted by molar-refractivity contribution is 6.02. The Morgan fingerprint density at radius 3 is 2.42 bits per heavy atom. The fourth-order valence-corrected chi connectivity index (χ4v) is 3.86. The predicted octanol–water partition coefficient (Wildman–Crippen LogP) is 1.96. The standard InChI is InChI=1S/C20H21N3O3/c24-17-8-9-18(25)22(17)12-10-19(26)23-14-13-21-11-4-7-16(21)20(23)15-5-2-1-3-6-15/h1-7,11,20H,8-10,12-14H2. The van der Waals surface area contributed by atoms with Gasteiger partial charge in [-0.2, -0.15) is 0 Å². The lowest BCUT2D eigenvalue weighted by atomic mass is 9.99. The molecule has 2 aliphatic heterocycles. The first-order valence-corrected chi connectivity index (χ1v) is 8.98. The molecule has 0 radical (unpaired) electrons. The Morgan fingerprint density at radius 1 is 0.962 bits per heavy atom. The lowest BCUT2D eigenvalue weighted by molar-refractivity contribution is -0.140. The van der Waals surface area contributed by atoms with E-state index >= 15 is 0 Å². The molecule has 6 heteroatoms. The van der Waals surface area contributed by atoms with Crippen molar-refractivity contribution in [2.45, 2.75) is 31.8 Å². The number of rotatable bonds is 4. The number of fused-ring (bicyclic) bond motifs is 1. The van der Waals surface area contributed by atoms with Crippen molar-refractivity contribution in [3.05, 3.63) is 59.9 Å². The normalized spacial score (nSPS) is 19.8. The fraction of sp³-hybridized carbons (Fsp3) is 0.350. The van der Waals surface area contributed by atoms with Gasteiger partial charge < -0.3 is 9.47 Å². The Labute approximate surface area is 152 Å². The quantitative estimate of drug-likeness (QED) is 0.791. The van der Waals surface area contributed by atoms with Gasteiger partial charge >= 0.3 is 0 Å². The lowest BCUT2D eigenvalue weighted by Crippen LogP contribution is -2.43. The predicted molar refractivity (Wildman–Crippen MR) is 95.0 cm³/mol. The van der Waals surface area contributed by atoms with Gasteiger partial charge in [0, 0.05) is 50.8 Å². The monoisotopic (exact) mass is 351 g/mol. The van der Waals surface area contributed by atoms with Crippen LogP contribution in [0.25, 0.3) is 0 Å². The second kappa shape index (κ2) is 6.78. The summed E-state index contributed by atoms with van der Waals surface area (Å²) in [5.41, 5.74) is 2.15. The summed E-state index contributed by atoms with van der Waals surface area (Å²) in [5, 5.41) is 0. The molecule has 3 heterocycles. The van der Waals surface area contributed by atoms with E-state index in [2.05, 4.69) is 4.57 Å². The fourth-order valence-electron chi connectivity index (χ4n) is 3.86. The van der Waals surface area contributed by atoms with E-state index in [1.54, 1.807) is 0 Å². The third-order valence-electron chi connectivity index (χ3n) is 5.18. The number of hydrogen-bond donors (Lipinski definition) is 0. The second-order valence-electron chi connectivity index (χ2n) is 6.72. The molecule has 2 aromatic rings. The molecule has 0 spiro atoms. The number of hydrogen-bond acceptors (Lipinski definition) is 3. The van der Waals surface area contributed by atoms with Crippen LogP contribution in [0, 0.1) is 0 Å². The Bertz CT molecular complexity index is 827. The van der Waals surface area contributed by atoms with Crippen LogP contribution in [0.1, 0.15) is 36.6 Å². The van der Waals surface area contributed by atoms with Crippen LogP contribution >= 0.6 is 0 Å². The number of carbonyl (C=O) groups is 3. The molecule has 6 nitrogen and oxygen atoms in total. The molecule has 0 aliphatic carbocycles. The molecule has 0 N–H and O–H groups in total. The molecule has 1 aromatic carbocycles. The topological polar surface area (TPSA) is 62.6 Å². The zero-order chi connectivity index (χ0) is 18.1. The summed E-state index contributed by atoms with van der Waals surface area (Å²) in [6.45, 7) is 1.54. The summed E-state index contributed by atoms with van der Waals surface area (Å²) >= 11 is 0. The van der Waals surface area contributed by atoms with Crippen molar-refractivity contribution in [2.75, 3.05) is 13.1 Å². The second-order valence-corrected chi connectivity index (χ2v) is 6.72. The summed E-state index contributed by atoms with van der Waals surface area (Å²) in [4.78, 5) is 39.6. The molecule has 4 rings (SSSR count). The van der Waals surface area contributed by atoms with E-state index in [9.17, 15) is 14.4 Å². The van der Waals surface area contributed by atoms with Crippen molar-refractivity contribution in [1.82, 2.24) is 14.4 Å². The smallest absolute Gasteiger partial charge is 0.229 e. The summed E-state index contributed by atoms with van der Waals surface area (Å²) in [6.07, 6.45) is 2.73. The lowest BCUT2D eigenvalue weighted by Gasteiger charge is -2.37. The number of amides is 3. The van der Waals surface area contributed by atoms with Crippen LogP contribution in [0.2, 0.25) is 0 Å². The van der Waals surface area contributed by atoms with Gasteiger partial charge in [-0.25, -0.2) is 0 Å². The van der Waals surface area contributed by atoms with Crippen LogP contribution in [-0.2, 0) is 20.9 Å². The number of aromatic nitrogens is 1. The molecule has 1 aromatic heterocycles. The third-order valence-corrected chi connectivity index (χ3v) is 5.18. The Kier molecular flexibility index (Phi) is 4.32. The first-order chi connectivity index (χ1) is 12.6. The average Bonchev–Trinajstić information content (AvgIpc) is 3.26. The van der Waals surface area contributed by atoms with Gasteiger partial charge in [0.25, 0.3) is 0 Å². The molecule has 2 aliphatic rings. The maximum absolute atomic E-state index is 13.0. The first kappa shape index (κ1) is 16.6. The van der Waals surface area contributed by atoms with Gasteiger partial charge in [0.05, 0.1) is 6.04 Å². The van der Waals surface area contributed by atoms with Crippen LogP contribution in [-0.4, -0.2) is 45.2 Å². The van der Waals surface area contributed by atoms with Gasteiger partial charge in [0.2, 0.25) is 17.7 Å². The molecule has 1 atom stereocenters. The number of carbonyl (C=O) groups excluding carboxylic acids is 3. The Hall–Kier alpha value is -2.89. The molecular weight excluding hydrogens is 330 g/mol. The highest BCUT2D eigenvalue weighted by Crippen LogP contribution is 2.32. The van der Waals surface area contributed by atoms with Crippen LogP contribution in [0.3, 0.4) is 0 Å². The minimum atomic E-state index is -0.171. The van der Waals surface area contributed by atoms with Crippen molar-refractivity contribution in [3.8, 4) is 0 Å². The zero-order valence-electron chi connectivity index (χ0n) is 14.5. The van der Waals surface area contributed by atoms with Crippen LogP contribution in [0.4, 0.5) is 0 Å². The van der Waals surface area contributed by atoms with Crippen LogP contribution < -0.4 is 0 Å². The van der Waals surface area contributed by atoms with Crippen molar-refractivity contribution in [1.29, 1.82) is 0 Å². The maximum Gasteiger partial charge on any atom is 0.229 e. The summed E-state index contributed by atoms with van der Waals surface area (Å²) in [7, 11) is 0. The average molecular weight is 351 g/mol. The summed E-state index contributed by atoms with van der Waals surface area (Å²) in [6, 6.07) is 13.9. The van der Waals surface area contributed by atoms with E-state index in [4.69, 9.17) is 0 Å². The van der Waals surface area contributed by atoms with Crippen molar-refractivity contribution < 1.29 is 14.4 Å². The van der Waals surface area contributed by atoms with Gasteiger partial charge in [-0.1, -0.05) is 30.3 Å². The summed E-state index contributed by atoms with van der Waals surface area (Å²) < 4.78 is 2.18. The highest BCUT2D eigenvalue weighted by Gasteiger charge is 2.34. The number of nitrogens with zero attached hydrogens (tertiary/aromatic N) is 3. The van der Waals surface area contributed by atoms with Gasteiger partial charge in [-0.3, -0.25) is 19.3 Å². The molecule has 1 unspecified atom stereocenters. The first-order valence-electron chi connectivity index (χ1n) is 8.98. The number of likely N-dealkylation sites (tertiary alicyclic amines) is 1. The van der Waals surface area contributed by atoms with E-state index in [1.807, 2.05) is 53.6 Å². The molecule has 3 amide bonds. The molecule has 0 saturated carbocycles. The van der Waals surface area contributed by atoms with Gasteiger partial charge in [0.1, 0.15) is 0 Å². The molecule has 26 heavy (non-hydrogen) atoms. The van der Waals surface area contributed by atoms with E-state index in [0.717, 1.165) is 17.8 Å². The highest BCUT2D eigenvalue weighted by atomic mass is 16.2. The van der Waals surface area contributed by atoms with Crippen molar-refractivity contribution >= 4 is 17.7 Å². The molecule has 134 valence electrons. The minimum absolute atomic E-state index is 0.0289. The van der Waals surface area contributed by atoms with E-state index in [0.29, 0.717) is 6.54 Å². The van der Waals surface area contributed by atoms with Gasteiger partial charge in [-0.05, 0) is 17.7 Å². The van der Waals surface area contributed by atoms with Crippen molar-refractivity contribution in [2.24, 2.45) is 0 Å². The largest absolute Gasteiger partial charge is 0.348 e. The van der Waals surface area contributed by atoms with E-state index in [1.165, 1.54) is 4.90 Å². The molecule has 1 fully saturated rings. The molecule has 1 saturated heterocycles.